The summed E-state index contributed by atoms with van der Waals surface area (Å²) in [6.07, 6.45) is 0.989. The lowest BCUT2D eigenvalue weighted by Gasteiger charge is -2.16. The Hall–Kier alpha value is -2.94. The SMILES string of the molecule is Cc1cccc(OC(C)CNc2ccc(OCCc3ccccc3)cc2)c1. The molecule has 0 aliphatic heterocycles. The molecule has 0 heterocycles. The van der Waals surface area contributed by atoms with Gasteiger partial charge in [-0.2, -0.15) is 0 Å². The summed E-state index contributed by atoms with van der Waals surface area (Å²) in [5.41, 5.74) is 3.55. The van der Waals surface area contributed by atoms with Crippen LogP contribution in [0.15, 0.2) is 78.9 Å². The zero-order chi connectivity index (χ0) is 18.9. The number of hydrogen-bond donors (Lipinski definition) is 1. The largest absolute Gasteiger partial charge is 0.493 e. The number of aryl methyl sites for hydroxylation is 1. The van der Waals surface area contributed by atoms with Gasteiger partial charge in [0.05, 0.1) is 13.2 Å². The van der Waals surface area contributed by atoms with Gasteiger partial charge in [-0.25, -0.2) is 0 Å². The van der Waals surface area contributed by atoms with Crippen LogP contribution in [0.25, 0.3) is 0 Å². The minimum absolute atomic E-state index is 0.0774. The van der Waals surface area contributed by atoms with Crippen LogP contribution in [0.2, 0.25) is 0 Å². The van der Waals surface area contributed by atoms with Gasteiger partial charge in [-0.15, -0.1) is 0 Å². The number of ether oxygens (including phenoxy) is 2. The van der Waals surface area contributed by atoms with Crippen LogP contribution < -0.4 is 14.8 Å². The van der Waals surface area contributed by atoms with Crippen LogP contribution in [0.4, 0.5) is 5.69 Å². The Kier molecular flexibility index (Phi) is 6.75. The molecule has 0 aromatic heterocycles. The van der Waals surface area contributed by atoms with Gasteiger partial charge < -0.3 is 14.8 Å². The van der Waals surface area contributed by atoms with Gasteiger partial charge in [0.15, 0.2) is 0 Å². The van der Waals surface area contributed by atoms with Crippen LogP contribution in [0.3, 0.4) is 0 Å². The maximum atomic E-state index is 5.95. The molecule has 0 aliphatic carbocycles. The Balaban J connectivity index is 1.40. The fourth-order valence-corrected chi connectivity index (χ4v) is 2.82. The Morgan fingerprint density at radius 2 is 1.63 bits per heavy atom. The van der Waals surface area contributed by atoms with Crippen molar-refractivity contribution in [3.05, 3.63) is 90.0 Å². The molecule has 0 saturated heterocycles. The molecular formula is C24H27NO2. The van der Waals surface area contributed by atoms with Crippen LogP contribution in [0, 0.1) is 6.92 Å². The second-order valence-electron chi connectivity index (χ2n) is 6.73. The monoisotopic (exact) mass is 361 g/mol. The summed E-state index contributed by atoms with van der Waals surface area (Å²) in [5, 5.41) is 3.41. The third-order valence-electron chi connectivity index (χ3n) is 4.28. The standard InChI is InChI=1S/C24H27NO2/c1-19-7-6-10-24(17-19)27-20(2)18-25-22-11-13-23(14-12-22)26-16-15-21-8-4-3-5-9-21/h3-14,17,20,25H,15-16,18H2,1-2H3. The van der Waals surface area contributed by atoms with Crippen molar-refractivity contribution in [2.75, 3.05) is 18.5 Å². The first-order valence-electron chi connectivity index (χ1n) is 9.43. The summed E-state index contributed by atoms with van der Waals surface area (Å²) in [6, 6.07) is 26.6. The summed E-state index contributed by atoms with van der Waals surface area (Å²) in [7, 11) is 0. The fraction of sp³-hybridized carbons (Fsp3) is 0.250. The van der Waals surface area contributed by atoms with Crippen LogP contribution in [0.5, 0.6) is 11.5 Å². The van der Waals surface area contributed by atoms with Gasteiger partial charge >= 0.3 is 0 Å². The minimum atomic E-state index is 0.0774. The van der Waals surface area contributed by atoms with Gasteiger partial charge in [0.1, 0.15) is 17.6 Å². The third kappa shape index (κ3) is 6.37. The normalized spacial score (nSPS) is 11.6. The van der Waals surface area contributed by atoms with Crippen LogP contribution in [-0.2, 0) is 6.42 Å². The second-order valence-corrected chi connectivity index (χ2v) is 6.73. The van der Waals surface area contributed by atoms with Crippen molar-refractivity contribution in [3.63, 3.8) is 0 Å². The van der Waals surface area contributed by atoms with E-state index < -0.39 is 0 Å². The van der Waals surface area contributed by atoms with Crippen molar-refractivity contribution < 1.29 is 9.47 Å². The summed E-state index contributed by atoms with van der Waals surface area (Å²) >= 11 is 0. The van der Waals surface area contributed by atoms with E-state index in [4.69, 9.17) is 9.47 Å². The van der Waals surface area contributed by atoms with E-state index in [1.165, 1.54) is 11.1 Å². The zero-order valence-corrected chi connectivity index (χ0v) is 16.0. The van der Waals surface area contributed by atoms with Crippen molar-refractivity contribution in [3.8, 4) is 11.5 Å². The number of rotatable bonds is 9. The lowest BCUT2D eigenvalue weighted by atomic mass is 10.2. The van der Waals surface area contributed by atoms with E-state index in [1.54, 1.807) is 0 Å². The van der Waals surface area contributed by atoms with Crippen molar-refractivity contribution in [1.82, 2.24) is 0 Å². The van der Waals surface area contributed by atoms with Crippen LogP contribution in [-0.4, -0.2) is 19.3 Å². The molecule has 0 saturated carbocycles. The first kappa shape index (κ1) is 18.8. The Labute approximate surface area is 162 Å². The average molecular weight is 361 g/mol. The molecule has 3 rings (SSSR count). The number of hydrogen-bond acceptors (Lipinski definition) is 3. The maximum absolute atomic E-state index is 5.95. The molecule has 1 atom stereocenters. The summed E-state index contributed by atoms with van der Waals surface area (Å²) in [6.45, 7) is 5.55. The van der Waals surface area contributed by atoms with Gasteiger partial charge in [0, 0.05) is 12.1 Å². The lowest BCUT2D eigenvalue weighted by Crippen LogP contribution is -2.22. The van der Waals surface area contributed by atoms with Gasteiger partial charge in [0.2, 0.25) is 0 Å². The highest BCUT2D eigenvalue weighted by Crippen LogP contribution is 2.17. The van der Waals surface area contributed by atoms with Crippen LogP contribution in [0.1, 0.15) is 18.1 Å². The van der Waals surface area contributed by atoms with E-state index in [9.17, 15) is 0 Å². The molecule has 3 aromatic carbocycles. The molecule has 140 valence electrons. The molecule has 0 amide bonds. The van der Waals surface area contributed by atoms with Crippen LogP contribution >= 0.6 is 0 Å². The predicted octanol–water partition coefficient (Wildman–Crippen LogP) is 5.50. The van der Waals surface area contributed by atoms with E-state index in [-0.39, 0.29) is 6.10 Å². The average Bonchev–Trinajstić information content (AvgIpc) is 2.68. The summed E-state index contributed by atoms with van der Waals surface area (Å²) in [4.78, 5) is 0. The molecule has 27 heavy (non-hydrogen) atoms. The topological polar surface area (TPSA) is 30.5 Å². The first-order chi connectivity index (χ1) is 13.2. The highest BCUT2D eigenvalue weighted by molar-refractivity contribution is 5.46. The number of benzene rings is 3. The van der Waals surface area contributed by atoms with E-state index in [1.807, 2.05) is 42.5 Å². The Morgan fingerprint density at radius 3 is 2.37 bits per heavy atom. The summed E-state index contributed by atoms with van der Waals surface area (Å²) in [5.74, 6) is 1.80. The first-order valence-corrected chi connectivity index (χ1v) is 9.43. The second kappa shape index (κ2) is 9.67. The van der Waals surface area contributed by atoms with Gasteiger partial charge in [-0.05, 0) is 61.4 Å². The van der Waals surface area contributed by atoms with Gasteiger partial charge in [-0.1, -0.05) is 42.5 Å². The zero-order valence-electron chi connectivity index (χ0n) is 16.0. The van der Waals surface area contributed by atoms with Gasteiger partial charge in [-0.3, -0.25) is 0 Å². The predicted molar refractivity (Wildman–Crippen MR) is 112 cm³/mol. The highest BCUT2D eigenvalue weighted by Gasteiger charge is 2.04. The smallest absolute Gasteiger partial charge is 0.120 e. The molecule has 3 heteroatoms. The quantitative estimate of drug-likeness (QED) is 0.546. The van der Waals surface area contributed by atoms with E-state index in [0.717, 1.165) is 30.2 Å². The summed E-state index contributed by atoms with van der Waals surface area (Å²) < 4.78 is 11.8. The molecule has 0 radical (unpaired) electrons. The molecule has 1 unspecified atom stereocenters. The molecule has 0 bridgehead atoms. The molecular weight excluding hydrogens is 334 g/mol. The van der Waals surface area contributed by atoms with Gasteiger partial charge in [0.25, 0.3) is 0 Å². The molecule has 1 N–H and O–H groups in total. The van der Waals surface area contributed by atoms with Crippen molar-refractivity contribution in [2.45, 2.75) is 26.4 Å². The van der Waals surface area contributed by atoms with Crippen molar-refractivity contribution >= 4 is 5.69 Å². The van der Waals surface area contributed by atoms with E-state index in [0.29, 0.717) is 6.61 Å². The third-order valence-corrected chi connectivity index (χ3v) is 4.28. The van der Waals surface area contributed by atoms with Crippen molar-refractivity contribution in [2.24, 2.45) is 0 Å². The Morgan fingerprint density at radius 1 is 0.852 bits per heavy atom. The Bertz CT molecular complexity index is 815. The molecule has 0 spiro atoms. The highest BCUT2D eigenvalue weighted by atomic mass is 16.5. The minimum Gasteiger partial charge on any atom is -0.493 e. The fourth-order valence-electron chi connectivity index (χ4n) is 2.82. The molecule has 3 aromatic rings. The number of anilines is 1. The van der Waals surface area contributed by atoms with Crippen molar-refractivity contribution in [1.29, 1.82) is 0 Å². The number of nitrogens with one attached hydrogen (secondary N) is 1. The van der Waals surface area contributed by atoms with E-state index >= 15 is 0 Å². The van der Waals surface area contributed by atoms with E-state index in [2.05, 4.69) is 55.6 Å². The molecule has 0 fully saturated rings. The molecule has 0 aliphatic rings. The molecule has 3 nitrogen and oxygen atoms in total. The maximum Gasteiger partial charge on any atom is 0.120 e. The lowest BCUT2D eigenvalue weighted by molar-refractivity contribution is 0.234.